The third kappa shape index (κ3) is 2.62. The molecule has 0 aliphatic heterocycles. The van der Waals surface area contributed by atoms with Gasteiger partial charge in [-0.15, -0.1) is 0 Å². The monoisotopic (exact) mass is 292 g/mol. The molecule has 3 nitrogen and oxygen atoms in total. The van der Waals surface area contributed by atoms with E-state index in [1.54, 1.807) is 6.20 Å². The Morgan fingerprint density at radius 1 is 1.14 bits per heavy atom. The van der Waals surface area contributed by atoms with Crippen LogP contribution in [0, 0.1) is 13.8 Å². The first kappa shape index (κ1) is 14.4. The number of carbonyl (C=O) groups excluding carboxylic acids is 1. The maximum absolute atomic E-state index is 12.7. The number of anilines is 1. The summed E-state index contributed by atoms with van der Waals surface area (Å²) in [4.78, 5) is 15.9. The smallest absolute Gasteiger partial charge is 0.186 e. The van der Waals surface area contributed by atoms with Crippen molar-refractivity contribution in [3.8, 4) is 0 Å². The van der Waals surface area contributed by atoms with Gasteiger partial charge in [0.25, 0.3) is 0 Å². The minimum absolute atomic E-state index is 0.0948. The highest BCUT2D eigenvalue weighted by molar-refractivity contribution is 6.11. The Balaban J connectivity index is 1.85. The zero-order chi connectivity index (χ0) is 15.7. The number of fused-ring (bicyclic) bond motifs is 1. The van der Waals surface area contributed by atoms with Gasteiger partial charge < -0.3 is 10.3 Å². The van der Waals surface area contributed by atoms with Gasteiger partial charge in [-0.05, 0) is 38.5 Å². The summed E-state index contributed by atoms with van der Waals surface area (Å²) in [7, 11) is 0. The standard InChI is InChI=1S/C19H20N2O/c1-12-8-9-17(13(2)10-12)21-14(3)19(22)16-11-20-18-7-5-4-6-15(16)18/h4-11,14,20-21H,1-3H3. The van der Waals surface area contributed by atoms with Gasteiger partial charge in [-0.2, -0.15) is 0 Å². The van der Waals surface area contributed by atoms with Crippen LogP contribution in [0.1, 0.15) is 28.4 Å². The zero-order valence-corrected chi connectivity index (χ0v) is 13.1. The van der Waals surface area contributed by atoms with Gasteiger partial charge >= 0.3 is 0 Å². The number of Topliss-reactive ketones (excluding diaryl/α,β-unsaturated/α-hetero) is 1. The number of rotatable bonds is 4. The fourth-order valence-corrected chi connectivity index (χ4v) is 2.78. The molecule has 0 saturated carbocycles. The molecule has 0 fully saturated rings. The van der Waals surface area contributed by atoms with E-state index in [9.17, 15) is 4.79 Å². The topological polar surface area (TPSA) is 44.9 Å². The number of carbonyl (C=O) groups is 1. The minimum atomic E-state index is -0.277. The Morgan fingerprint density at radius 3 is 2.68 bits per heavy atom. The van der Waals surface area contributed by atoms with Gasteiger partial charge in [0.2, 0.25) is 0 Å². The number of benzene rings is 2. The van der Waals surface area contributed by atoms with Crippen LogP contribution in [0.2, 0.25) is 0 Å². The molecule has 0 radical (unpaired) electrons. The molecule has 1 heterocycles. The first-order valence-corrected chi connectivity index (χ1v) is 7.50. The Bertz CT molecular complexity index is 832. The predicted molar refractivity (Wildman–Crippen MR) is 91.6 cm³/mol. The summed E-state index contributed by atoms with van der Waals surface area (Å²) in [5, 5.41) is 4.30. The average molecular weight is 292 g/mol. The van der Waals surface area contributed by atoms with Crippen LogP contribution in [0.3, 0.4) is 0 Å². The lowest BCUT2D eigenvalue weighted by atomic mass is 10.0. The van der Waals surface area contributed by atoms with Crippen LogP contribution < -0.4 is 5.32 Å². The van der Waals surface area contributed by atoms with Crippen LogP contribution in [0.15, 0.2) is 48.7 Å². The number of aromatic nitrogens is 1. The van der Waals surface area contributed by atoms with Crippen molar-refractivity contribution in [2.75, 3.05) is 5.32 Å². The molecule has 0 spiro atoms. The average Bonchev–Trinajstić information content (AvgIpc) is 2.93. The van der Waals surface area contributed by atoms with Gasteiger partial charge in [-0.25, -0.2) is 0 Å². The molecule has 3 heteroatoms. The maximum atomic E-state index is 12.7. The van der Waals surface area contributed by atoms with Crippen molar-refractivity contribution in [1.29, 1.82) is 0 Å². The number of aromatic amines is 1. The second-order valence-corrected chi connectivity index (χ2v) is 5.80. The van der Waals surface area contributed by atoms with Crippen molar-refractivity contribution in [2.45, 2.75) is 26.8 Å². The van der Waals surface area contributed by atoms with Gasteiger partial charge in [0.15, 0.2) is 5.78 Å². The van der Waals surface area contributed by atoms with Crippen molar-refractivity contribution in [3.05, 3.63) is 65.4 Å². The molecule has 1 atom stereocenters. The Kier molecular flexibility index (Phi) is 3.72. The predicted octanol–water partition coefficient (Wildman–Crippen LogP) is 4.47. The number of H-pyrrole nitrogens is 1. The largest absolute Gasteiger partial charge is 0.375 e. The molecular weight excluding hydrogens is 272 g/mol. The molecule has 3 rings (SSSR count). The summed E-state index contributed by atoms with van der Waals surface area (Å²) in [6.07, 6.45) is 1.80. The van der Waals surface area contributed by atoms with Crippen molar-refractivity contribution < 1.29 is 4.79 Å². The maximum Gasteiger partial charge on any atom is 0.186 e. The molecule has 1 aromatic heterocycles. The van der Waals surface area contributed by atoms with Crippen molar-refractivity contribution in [3.63, 3.8) is 0 Å². The van der Waals surface area contributed by atoms with Crippen LogP contribution in [0.25, 0.3) is 10.9 Å². The van der Waals surface area contributed by atoms with E-state index >= 15 is 0 Å². The summed E-state index contributed by atoms with van der Waals surface area (Å²) in [6.45, 7) is 6.03. The molecule has 0 saturated heterocycles. The molecule has 3 aromatic rings. The molecule has 0 amide bonds. The van der Waals surface area contributed by atoms with E-state index in [0.29, 0.717) is 0 Å². The van der Waals surface area contributed by atoms with Crippen molar-refractivity contribution in [1.82, 2.24) is 4.98 Å². The van der Waals surface area contributed by atoms with Gasteiger partial charge in [0, 0.05) is 28.4 Å². The highest BCUT2D eigenvalue weighted by atomic mass is 16.1. The first-order valence-electron chi connectivity index (χ1n) is 7.50. The second-order valence-electron chi connectivity index (χ2n) is 5.80. The van der Waals surface area contributed by atoms with Crippen LogP contribution in [-0.2, 0) is 0 Å². The Morgan fingerprint density at radius 2 is 1.91 bits per heavy atom. The van der Waals surface area contributed by atoms with Crippen molar-refractivity contribution >= 4 is 22.4 Å². The molecule has 1 unspecified atom stereocenters. The number of hydrogen-bond acceptors (Lipinski definition) is 2. The van der Waals surface area contributed by atoms with Gasteiger partial charge in [-0.3, -0.25) is 4.79 Å². The molecule has 0 aliphatic rings. The fraction of sp³-hybridized carbons (Fsp3) is 0.211. The fourth-order valence-electron chi connectivity index (χ4n) is 2.78. The lowest BCUT2D eigenvalue weighted by molar-refractivity contribution is 0.0977. The van der Waals surface area contributed by atoms with Crippen LogP contribution in [0.4, 0.5) is 5.69 Å². The summed E-state index contributed by atoms with van der Waals surface area (Å²) < 4.78 is 0. The van der Waals surface area contributed by atoms with Crippen molar-refractivity contribution in [2.24, 2.45) is 0 Å². The lowest BCUT2D eigenvalue weighted by Crippen LogP contribution is -2.26. The van der Waals surface area contributed by atoms with Gasteiger partial charge in [-0.1, -0.05) is 35.9 Å². The summed E-state index contributed by atoms with van der Waals surface area (Å²) in [5.41, 5.74) is 5.11. The second kappa shape index (κ2) is 5.68. The minimum Gasteiger partial charge on any atom is -0.375 e. The van der Waals surface area contributed by atoms with Crippen LogP contribution in [-0.4, -0.2) is 16.8 Å². The molecule has 2 aromatic carbocycles. The summed E-state index contributed by atoms with van der Waals surface area (Å²) in [5.74, 6) is 0.0948. The molecule has 112 valence electrons. The zero-order valence-electron chi connectivity index (χ0n) is 13.1. The van der Waals surface area contributed by atoms with Crippen LogP contribution >= 0.6 is 0 Å². The Hall–Kier alpha value is -2.55. The molecule has 2 N–H and O–H groups in total. The SMILES string of the molecule is Cc1ccc(NC(C)C(=O)c2c[nH]c3ccccc23)c(C)c1. The van der Waals surface area contributed by atoms with E-state index in [2.05, 4.69) is 36.3 Å². The van der Waals surface area contributed by atoms with Gasteiger partial charge in [0.05, 0.1) is 6.04 Å². The Labute approximate surface area is 130 Å². The summed E-state index contributed by atoms with van der Waals surface area (Å²) in [6, 6.07) is 13.8. The third-order valence-corrected chi connectivity index (χ3v) is 4.00. The quantitative estimate of drug-likeness (QED) is 0.697. The highest BCUT2D eigenvalue weighted by Gasteiger charge is 2.19. The number of nitrogens with one attached hydrogen (secondary N) is 2. The number of hydrogen-bond donors (Lipinski definition) is 2. The van der Waals surface area contributed by atoms with E-state index in [1.807, 2.05) is 37.3 Å². The van der Waals surface area contributed by atoms with E-state index in [1.165, 1.54) is 5.56 Å². The molecule has 22 heavy (non-hydrogen) atoms. The third-order valence-electron chi connectivity index (χ3n) is 4.00. The van der Waals surface area contributed by atoms with E-state index < -0.39 is 0 Å². The number of para-hydroxylation sites is 1. The molecule has 0 bridgehead atoms. The molecule has 0 aliphatic carbocycles. The number of ketones is 1. The van der Waals surface area contributed by atoms with E-state index in [0.717, 1.165) is 27.7 Å². The van der Waals surface area contributed by atoms with E-state index in [-0.39, 0.29) is 11.8 Å². The van der Waals surface area contributed by atoms with E-state index in [4.69, 9.17) is 0 Å². The normalized spacial score (nSPS) is 12.3. The molecular formula is C19H20N2O. The lowest BCUT2D eigenvalue weighted by Gasteiger charge is -2.16. The van der Waals surface area contributed by atoms with Crippen LogP contribution in [0.5, 0.6) is 0 Å². The number of aryl methyl sites for hydroxylation is 2. The summed E-state index contributed by atoms with van der Waals surface area (Å²) >= 11 is 0. The first-order chi connectivity index (χ1) is 10.6. The van der Waals surface area contributed by atoms with Gasteiger partial charge in [0.1, 0.15) is 0 Å². The highest BCUT2D eigenvalue weighted by Crippen LogP contribution is 2.22.